The maximum atomic E-state index is 13.5. The number of nitrogens with two attached hydrogens (primary N) is 1. The van der Waals surface area contributed by atoms with Gasteiger partial charge < -0.3 is 19.3 Å². The van der Waals surface area contributed by atoms with E-state index in [9.17, 15) is 9.90 Å². The second-order valence-corrected chi connectivity index (χ2v) is 9.95. The molecule has 0 saturated heterocycles. The minimum absolute atomic E-state index is 0.0662. The van der Waals surface area contributed by atoms with Crippen molar-refractivity contribution in [1.29, 1.82) is 0 Å². The van der Waals surface area contributed by atoms with Gasteiger partial charge in [0, 0.05) is 22.3 Å². The molecule has 10 heteroatoms. The fourth-order valence-electron chi connectivity index (χ4n) is 4.64. The van der Waals surface area contributed by atoms with Crippen LogP contribution in [0.25, 0.3) is 5.65 Å². The second kappa shape index (κ2) is 10.3. The van der Waals surface area contributed by atoms with Crippen LogP contribution >= 0.6 is 0 Å². The first kappa shape index (κ1) is 25.7. The molecule has 36 heavy (non-hydrogen) atoms. The van der Waals surface area contributed by atoms with Crippen molar-refractivity contribution in [1.82, 2.24) is 14.7 Å². The normalized spacial score (nSPS) is 13.5. The first-order valence-corrected chi connectivity index (χ1v) is 12.4. The Labute approximate surface area is 211 Å². The molecule has 1 aliphatic rings. The summed E-state index contributed by atoms with van der Waals surface area (Å²) in [5, 5.41) is 18.6. The van der Waals surface area contributed by atoms with Gasteiger partial charge in [-0.25, -0.2) is 0 Å². The van der Waals surface area contributed by atoms with Gasteiger partial charge in [0.25, 0.3) is 11.5 Å². The van der Waals surface area contributed by atoms with Gasteiger partial charge in [0.05, 0.1) is 20.3 Å². The molecule has 3 aromatic rings. The number of anilines is 1. The third-order valence-corrected chi connectivity index (χ3v) is 6.40. The number of nitrogens with zero attached hydrogens (tertiary/aromatic N) is 4. The molecule has 3 N–H and O–H groups in total. The first-order valence-electron chi connectivity index (χ1n) is 12.4. The standard InChI is InChI=1S/C26H35N5O5/c1-6-35-24-18-10-8-7-9-17(18)23-28-30(25(27)31(23)29-24)15-20(33)16-13-19(26(2,3)4)22(34-5)21(14-16)36-12-11-32/h13-14,27,32H,6-12,15H2,1-5H3/p+1. The minimum Gasteiger partial charge on any atom is -0.493 e. The number of Topliss-reactive ketones (excluding diaryl/α,β-unsaturated/α-hetero) is 1. The van der Waals surface area contributed by atoms with Gasteiger partial charge in [-0.05, 0) is 50.2 Å². The lowest BCUT2D eigenvalue weighted by Crippen LogP contribution is -2.42. The van der Waals surface area contributed by atoms with Crippen molar-refractivity contribution in [2.24, 2.45) is 0 Å². The average molecular weight is 499 g/mol. The molecule has 1 aliphatic carbocycles. The van der Waals surface area contributed by atoms with Crippen LogP contribution in [0.5, 0.6) is 17.4 Å². The maximum absolute atomic E-state index is 13.5. The number of carbonyl (C=O) groups is 1. The summed E-state index contributed by atoms with van der Waals surface area (Å²) < 4.78 is 20.2. The van der Waals surface area contributed by atoms with Crippen LogP contribution in [-0.2, 0) is 24.8 Å². The van der Waals surface area contributed by atoms with Gasteiger partial charge in [0.2, 0.25) is 0 Å². The molecule has 0 unspecified atom stereocenters. The van der Waals surface area contributed by atoms with Crippen molar-refractivity contribution >= 4 is 17.4 Å². The fourth-order valence-corrected chi connectivity index (χ4v) is 4.64. The third kappa shape index (κ3) is 4.82. The van der Waals surface area contributed by atoms with Gasteiger partial charge >= 0.3 is 5.95 Å². The number of ketones is 1. The lowest BCUT2D eigenvalue weighted by Gasteiger charge is -2.24. The molecule has 0 aliphatic heterocycles. The molecule has 2 aromatic heterocycles. The van der Waals surface area contributed by atoms with Crippen LogP contribution in [0.15, 0.2) is 12.1 Å². The van der Waals surface area contributed by atoms with Crippen molar-refractivity contribution in [3.63, 3.8) is 0 Å². The van der Waals surface area contributed by atoms with Crippen LogP contribution in [-0.4, -0.2) is 52.5 Å². The van der Waals surface area contributed by atoms with E-state index in [-0.39, 0.29) is 36.9 Å². The summed E-state index contributed by atoms with van der Waals surface area (Å²) in [6, 6.07) is 3.47. The summed E-state index contributed by atoms with van der Waals surface area (Å²) in [6.07, 6.45) is 3.89. The highest BCUT2D eigenvalue weighted by Gasteiger charge is 2.30. The quantitative estimate of drug-likeness (QED) is 0.340. The number of hydrogen-bond donors (Lipinski definition) is 2. The van der Waals surface area contributed by atoms with Crippen LogP contribution in [0.1, 0.15) is 67.6 Å². The fraction of sp³-hybridized carbons (Fsp3) is 0.538. The number of benzene rings is 1. The van der Waals surface area contributed by atoms with E-state index in [1.165, 1.54) is 4.68 Å². The summed E-state index contributed by atoms with van der Waals surface area (Å²) >= 11 is 0. The highest BCUT2D eigenvalue weighted by molar-refractivity contribution is 5.96. The van der Waals surface area contributed by atoms with Crippen molar-refractivity contribution in [3.8, 4) is 17.4 Å². The van der Waals surface area contributed by atoms with Crippen molar-refractivity contribution in [3.05, 3.63) is 34.4 Å². The third-order valence-electron chi connectivity index (χ3n) is 6.40. The zero-order valence-electron chi connectivity index (χ0n) is 21.8. The number of carbonyl (C=O) groups excluding carboxylic acids is 1. The molecule has 194 valence electrons. The topological polar surface area (TPSA) is 125 Å². The van der Waals surface area contributed by atoms with Crippen LogP contribution < -0.4 is 24.6 Å². The number of fused-ring (bicyclic) bond motifs is 3. The van der Waals surface area contributed by atoms with E-state index >= 15 is 0 Å². The molecule has 1 aromatic carbocycles. The van der Waals surface area contributed by atoms with E-state index in [2.05, 4.69) is 5.10 Å². The summed E-state index contributed by atoms with van der Waals surface area (Å²) in [5.41, 5.74) is 10.2. The van der Waals surface area contributed by atoms with E-state index < -0.39 is 0 Å². The largest absolute Gasteiger partial charge is 0.493 e. The Hall–Kier alpha value is -3.40. The Balaban J connectivity index is 1.75. The van der Waals surface area contributed by atoms with Crippen LogP contribution in [0.4, 0.5) is 5.95 Å². The lowest BCUT2D eigenvalue weighted by molar-refractivity contribution is -0.723. The Morgan fingerprint density at radius 2 is 1.92 bits per heavy atom. The number of hydrogen-bond acceptors (Lipinski definition) is 8. The lowest BCUT2D eigenvalue weighted by atomic mass is 9.84. The molecule has 0 fully saturated rings. The van der Waals surface area contributed by atoms with Gasteiger partial charge in [0.1, 0.15) is 6.61 Å². The van der Waals surface area contributed by atoms with Crippen molar-refractivity contribution in [2.45, 2.75) is 65.3 Å². The number of aliphatic hydroxyl groups excluding tert-OH is 1. The van der Waals surface area contributed by atoms with Crippen molar-refractivity contribution < 1.29 is 28.8 Å². The highest BCUT2D eigenvalue weighted by Crippen LogP contribution is 2.40. The summed E-state index contributed by atoms with van der Waals surface area (Å²) in [4.78, 5) is 13.5. The zero-order chi connectivity index (χ0) is 26.0. The number of aliphatic hydroxyl groups is 1. The predicted molar refractivity (Wildman–Crippen MR) is 134 cm³/mol. The number of ether oxygens (including phenoxy) is 3. The first-order chi connectivity index (χ1) is 17.2. The van der Waals surface area contributed by atoms with E-state index in [0.717, 1.165) is 42.4 Å². The number of aromatic nitrogens is 4. The minimum atomic E-state index is -0.313. The van der Waals surface area contributed by atoms with E-state index in [1.54, 1.807) is 17.7 Å². The Kier molecular flexibility index (Phi) is 7.35. The Morgan fingerprint density at radius 3 is 2.56 bits per heavy atom. The summed E-state index contributed by atoms with van der Waals surface area (Å²) in [7, 11) is 1.56. The van der Waals surface area contributed by atoms with Crippen LogP contribution in [0, 0.1) is 0 Å². The van der Waals surface area contributed by atoms with Gasteiger partial charge in [0.15, 0.2) is 23.8 Å². The molecule has 0 spiro atoms. The van der Waals surface area contributed by atoms with E-state index in [1.807, 2.05) is 33.8 Å². The SMILES string of the molecule is CCOc1nn2c(N)[n+](CC(=O)c3cc(OCCO)c(OC)c(C(C)(C)C)c3)nc2c2c1CCCC2. The number of methoxy groups -OCH3 is 1. The Bertz CT molecular complexity index is 1280. The monoisotopic (exact) mass is 498 g/mol. The predicted octanol–water partition coefficient (Wildman–Crippen LogP) is 2.44. The summed E-state index contributed by atoms with van der Waals surface area (Å²) in [5.74, 6) is 1.61. The van der Waals surface area contributed by atoms with Gasteiger partial charge in [-0.3, -0.25) is 10.5 Å². The zero-order valence-corrected chi connectivity index (χ0v) is 21.8. The molecule has 0 bridgehead atoms. The van der Waals surface area contributed by atoms with E-state index in [0.29, 0.717) is 35.2 Å². The van der Waals surface area contributed by atoms with Crippen LogP contribution in [0.2, 0.25) is 0 Å². The Morgan fingerprint density at radius 1 is 1.19 bits per heavy atom. The molecule has 0 atom stereocenters. The second-order valence-electron chi connectivity index (χ2n) is 9.95. The van der Waals surface area contributed by atoms with Crippen LogP contribution in [0.3, 0.4) is 0 Å². The summed E-state index contributed by atoms with van der Waals surface area (Å²) in [6.45, 7) is 8.41. The molecule has 2 heterocycles. The van der Waals surface area contributed by atoms with E-state index in [4.69, 9.17) is 25.0 Å². The molecule has 0 amide bonds. The molecule has 4 rings (SSSR count). The smallest absolute Gasteiger partial charge is 0.401 e. The van der Waals surface area contributed by atoms with Crippen molar-refractivity contribution in [2.75, 3.05) is 32.7 Å². The van der Waals surface area contributed by atoms with Gasteiger partial charge in [-0.15, -0.1) is 4.68 Å². The molecular formula is C26H36N5O5+. The number of aryl methyl sites for hydroxylation is 1. The number of nitrogen functional groups attached to an aromatic ring is 1. The maximum Gasteiger partial charge on any atom is 0.401 e. The molecule has 10 nitrogen and oxygen atoms in total. The molecule has 0 saturated carbocycles. The number of rotatable bonds is 9. The van der Waals surface area contributed by atoms with Gasteiger partial charge in [-0.2, -0.15) is 0 Å². The van der Waals surface area contributed by atoms with Gasteiger partial charge in [-0.1, -0.05) is 35.5 Å². The highest BCUT2D eigenvalue weighted by atomic mass is 16.5. The molecular weight excluding hydrogens is 462 g/mol. The average Bonchev–Trinajstić information content (AvgIpc) is 3.16. The molecule has 0 radical (unpaired) electrons.